The van der Waals surface area contributed by atoms with Gasteiger partial charge in [0, 0.05) is 35.6 Å². The lowest BCUT2D eigenvalue weighted by Crippen LogP contribution is -2.57. The second kappa shape index (κ2) is 8.76. The Bertz CT molecular complexity index is 1300. The molecule has 5 unspecified atom stereocenters. The van der Waals surface area contributed by atoms with Crippen LogP contribution in [0.5, 0.6) is 17.2 Å². The van der Waals surface area contributed by atoms with E-state index in [4.69, 9.17) is 14.2 Å². The molecule has 2 aromatic rings. The molecule has 11 nitrogen and oxygen atoms in total. The van der Waals surface area contributed by atoms with Crippen LogP contribution in [0, 0.1) is 0 Å². The number of carbonyl (C=O) groups is 2. The molecule has 2 aromatic carbocycles. The van der Waals surface area contributed by atoms with Gasteiger partial charge in [-0.25, -0.2) is 0 Å². The minimum atomic E-state index is -1.64. The first kappa shape index (κ1) is 25.6. The number of aliphatic hydroxyl groups is 4. The number of hydrogen-bond acceptors (Lipinski definition) is 11. The number of ether oxygens (including phenoxy) is 3. The molecule has 0 aromatic heterocycles. The lowest BCUT2D eigenvalue weighted by Gasteiger charge is -2.43. The molecule has 11 heteroatoms. The fourth-order valence-corrected chi connectivity index (χ4v) is 5.45. The minimum Gasteiger partial charge on any atom is -0.507 e. The number of phenolic OH excluding ortho intramolecular Hbond substituents is 2. The van der Waals surface area contributed by atoms with E-state index in [0.29, 0.717) is 5.56 Å². The van der Waals surface area contributed by atoms with Crippen molar-refractivity contribution < 1.29 is 54.4 Å². The number of ketones is 2. The van der Waals surface area contributed by atoms with E-state index < -0.39 is 65.5 Å². The lowest BCUT2D eigenvalue weighted by molar-refractivity contribution is -0.308. The van der Waals surface area contributed by atoms with Crippen LogP contribution in [0.15, 0.2) is 18.2 Å². The Hall–Kier alpha value is -3.06. The number of aromatic hydroxyl groups is 2. The molecule has 37 heavy (non-hydrogen) atoms. The Morgan fingerprint density at radius 2 is 1.65 bits per heavy atom. The second-order valence-corrected chi connectivity index (χ2v) is 10.1. The van der Waals surface area contributed by atoms with Crippen LogP contribution < -0.4 is 4.74 Å². The molecular formula is C26H28O11. The molecule has 5 rings (SSSR count). The number of aliphatic hydroxyl groups excluding tert-OH is 3. The number of carbonyl (C=O) groups excluding carboxylic acids is 2. The van der Waals surface area contributed by atoms with Crippen LogP contribution in [-0.2, 0) is 15.9 Å². The third kappa shape index (κ3) is 3.99. The molecule has 0 amide bonds. The number of benzene rings is 2. The van der Waals surface area contributed by atoms with Gasteiger partial charge in [0.25, 0.3) is 0 Å². The first-order valence-electron chi connectivity index (χ1n) is 11.8. The van der Waals surface area contributed by atoms with Crippen molar-refractivity contribution in [2.45, 2.75) is 69.1 Å². The zero-order valence-electron chi connectivity index (χ0n) is 20.3. The number of rotatable bonds is 3. The van der Waals surface area contributed by atoms with Crippen LogP contribution in [0.4, 0.5) is 0 Å². The van der Waals surface area contributed by atoms with E-state index in [2.05, 4.69) is 0 Å². The fraction of sp³-hybridized carbons (Fsp3) is 0.462. The quantitative estimate of drug-likeness (QED) is 0.284. The monoisotopic (exact) mass is 516 g/mol. The highest BCUT2D eigenvalue weighted by atomic mass is 16.7. The SMILES string of the molecule is COc1cc(O)c2c(c1)C(=O)c1cc3c(c(O)c1C2=O)[C@@H](OC1OC(C)C(O)C(O)C1O)C[C@](C)(O)C3. The molecule has 198 valence electrons. The topological polar surface area (TPSA) is 183 Å². The van der Waals surface area contributed by atoms with Crippen molar-refractivity contribution in [3.05, 3.63) is 51.6 Å². The van der Waals surface area contributed by atoms with Gasteiger partial charge in [-0.1, -0.05) is 0 Å². The highest BCUT2D eigenvalue weighted by Gasteiger charge is 2.47. The Balaban J connectivity index is 1.61. The molecule has 6 N–H and O–H groups in total. The average molecular weight is 516 g/mol. The highest BCUT2D eigenvalue weighted by molar-refractivity contribution is 6.30. The summed E-state index contributed by atoms with van der Waals surface area (Å²) in [6, 6.07) is 3.93. The van der Waals surface area contributed by atoms with Gasteiger partial charge in [0.05, 0.1) is 36.0 Å². The van der Waals surface area contributed by atoms with Gasteiger partial charge in [-0.05, 0) is 31.5 Å². The van der Waals surface area contributed by atoms with Gasteiger partial charge in [-0.3, -0.25) is 9.59 Å². The molecule has 0 radical (unpaired) electrons. The molecule has 0 bridgehead atoms. The molecule has 0 saturated carbocycles. The third-order valence-corrected chi connectivity index (χ3v) is 7.32. The summed E-state index contributed by atoms with van der Waals surface area (Å²) in [5, 5.41) is 63.3. The van der Waals surface area contributed by atoms with Crippen LogP contribution in [0.25, 0.3) is 0 Å². The van der Waals surface area contributed by atoms with Gasteiger partial charge < -0.3 is 44.8 Å². The van der Waals surface area contributed by atoms with Crippen LogP contribution in [0.2, 0.25) is 0 Å². The first-order chi connectivity index (χ1) is 17.3. The largest absolute Gasteiger partial charge is 0.507 e. The molecule has 1 saturated heterocycles. The summed E-state index contributed by atoms with van der Waals surface area (Å²) < 4.78 is 16.6. The van der Waals surface area contributed by atoms with E-state index in [1.54, 1.807) is 0 Å². The molecule has 7 atom stereocenters. The van der Waals surface area contributed by atoms with Crippen molar-refractivity contribution in [1.29, 1.82) is 0 Å². The Kier molecular flexibility index (Phi) is 6.06. The summed E-state index contributed by atoms with van der Waals surface area (Å²) in [4.78, 5) is 26.8. The molecule has 1 heterocycles. The predicted octanol–water partition coefficient (Wildman–Crippen LogP) is 0.464. The Morgan fingerprint density at radius 1 is 0.973 bits per heavy atom. The molecule has 1 fully saturated rings. The van der Waals surface area contributed by atoms with Gasteiger partial charge in [0.1, 0.15) is 35.6 Å². The maximum atomic E-state index is 13.5. The predicted molar refractivity (Wildman–Crippen MR) is 125 cm³/mol. The van der Waals surface area contributed by atoms with Crippen LogP contribution >= 0.6 is 0 Å². The minimum absolute atomic E-state index is 0.0204. The van der Waals surface area contributed by atoms with Crippen molar-refractivity contribution >= 4 is 11.6 Å². The van der Waals surface area contributed by atoms with Gasteiger partial charge in [-0.2, -0.15) is 0 Å². The van der Waals surface area contributed by atoms with E-state index in [1.807, 2.05) is 0 Å². The maximum absolute atomic E-state index is 13.5. The molecular weight excluding hydrogens is 488 g/mol. The van der Waals surface area contributed by atoms with Crippen LogP contribution in [0.3, 0.4) is 0 Å². The lowest BCUT2D eigenvalue weighted by atomic mass is 9.74. The fourth-order valence-electron chi connectivity index (χ4n) is 5.45. The summed E-state index contributed by atoms with van der Waals surface area (Å²) >= 11 is 0. The Morgan fingerprint density at radius 3 is 2.32 bits per heavy atom. The van der Waals surface area contributed by atoms with E-state index in [0.717, 1.165) is 0 Å². The number of methoxy groups -OCH3 is 1. The van der Waals surface area contributed by atoms with Crippen molar-refractivity contribution in [2.75, 3.05) is 7.11 Å². The average Bonchev–Trinajstić information content (AvgIpc) is 2.82. The van der Waals surface area contributed by atoms with E-state index in [-0.39, 0.29) is 46.4 Å². The maximum Gasteiger partial charge on any atom is 0.201 e. The first-order valence-corrected chi connectivity index (χ1v) is 11.8. The zero-order valence-corrected chi connectivity index (χ0v) is 20.3. The highest BCUT2D eigenvalue weighted by Crippen LogP contribution is 2.48. The van der Waals surface area contributed by atoms with Gasteiger partial charge in [0.15, 0.2) is 12.1 Å². The van der Waals surface area contributed by atoms with Crippen molar-refractivity contribution in [2.24, 2.45) is 0 Å². The van der Waals surface area contributed by atoms with E-state index in [9.17, 15) is 40.2 Å². The normalized spacial score (nSPS) is 32.9. The molecule has 0 spiro atoms. The molecule has 3 aliphatic rings. The van der Waals surface area contributed by atoms with E-state index >= 15 is 0 Å². The van der Waals surface area contributed by atoms with E-state index in [1.165, 1.54) is 39.2 Å². The van der Waals surface area contributed by atoms with Crippen LogP contribution in [0.1, 0.15) is 69.3 Å². The summed E-state index contributed by atoms with van der Waals surface area (Å²) in [6.45, 7) is 3.02. The standard InChI is InChI=1S/C26H28O11/c1-9-19(28)23(32)24(33)25(36-9)37-15-8-26(2,34)7-10-4-12-18(21(30)16(10)15)22(31)17-13(20(12)29)5-11(35-3)6-14(17)27/h4-6,9,15,19,23-25,27-28,30,32-34H,7-8H2,1-3H3/t9?,15-,19?,23?,24?,25?,26+/m0/s1. The summed E-state index contributed by atoms with van der Waals surface area (Å²) in [6.07, 6.45) is -8.04. The number of fused-ring (bicyclic) bond motifs is 3. The molecule has 2 aliphatic carbocycles. The summed E-state index contributed by atoms with van der Waals surface area (Å²) in [5.74, 6) is -2.25. The summed E-state index contributed by atoms with van der Waals surface area (Å²) in [7, 11) is 1.35. The van der Waals surface area contributed by atoms with Crippen molar-refractivity contribution in [1.82, 2.24) is 0 Å². The second-order valence-electron chi connectivity index (χ2n) is 10.1. The molecule has 1 aliphatic heterocycles. The zero-order chi connectivity index (χ0) is 27.0. The number of hydrogen-bond donors (Lipinski definition) is 6. The Labute approximate surface area is 211 Å². The van der Waals surface area contributed by atoms with Crippen LogP contribution in [-0.4, -0.2) is 85.6 Å². The van der Waals surface area contributed by atoms with Gasteiger partial charge in [-0.15, -0.1) is 0 Å². The number of phenols is 2. The van der Waals surface area contributed by atoms with Gasteiger partial charge >= 0.3 is 0 Å². The summed E-state index contributed by atoms with van der Waals surface area (Å²) in [5.41, 5.74) is -1.67. The van der Waals surface area contributed by atoms with Crippen molar-refractivity contribution in [3.63, 3.8) is 0 Å². The third-order valence-electron chi connectivity index (χ3n) is 7.32. The van der Waals surface area contributed by atoms with Crippen molar-refractivity contribution in [3.8, 4) is 17.2 Å². The smallest absolute Gasteiger partial charge is 0.201 e. The van der Waals surface area contributed by atoms with Gasteiger partial charge in [0.2, 0.25) is 5.78 Å².